The average molecular weight is 261 g/mol. The van der Waals surface area contributed by atoms with Crippen LogP contribution < -0.4 is 10.6 Å². The molecule has 3 N–H and O–H groups in total. The Morgan fingerprint density at radius 1 is 1.50 bits per heavy atom. The maximum Gasteiger partial charge on any atom is 0.0984 e. The lowest BCUT2D eigenvalue weighted by Gasteiger charge is -2.39. The van der Waals surface area contributed by atoms with Gasteiger partial charge in [-0.05, 0) is 17.7 Å². The molecule has 0 fully saturated rings. The molecule has 1 aromatic rings. The van der Waals surface area contributed by atoms with Crippen molar-refractivity contribution in [3.05, 3.63) is 27.7 Å². The zero-order valence-corrected chi connectivity index (χ0v) is 10.5. The first-order valence-electron chi connectivity index (χ1n) is 5.07. The first kappa shape index (κ1) is 12.0. The van der Waals surface area contributed by atoms with Gasteiger partial charge in [0.05, 0.1) is 5.60 Å². The monoisotopic (exact) mass is 260 g/mol. The van der Waals surface area contributed by atoms with Crippen molar-refractivity contribution in [3.63, 3.8) is 0 Å². The van der Waals surface area contributed by atoms with Crippen LogP contribution in [0.25, 0.3) is 0 Å². The smallest absolute Gasteiger partial charge is 0.0984 e. The van der Waals surface area contributed by atoms with Crippen molar-refractivity contribution in [1.29, 1.82) is 0 Å². The van der Waals surface area contributed by atoms with Gasteiger partial charge in [-0.2, -0.15) is 0 Å². The number of fused-ring (bicyclic) bond motifs is 1. The highest BCUT2D eigenvalue weighted by Crippen LogP contribution is 2.37. The highest BCUT2D eigenvalue weighted by molar-refractivity contribution is 6.35. The number of anilines is 1. The number of likely N-dealkylation sites (N-methyl/N-ethyl adjacent to an activating group) is 1. The minimum Gasteiger partial charge on any atom is -0.386 e. The van der Waals surface area contributed by atoms with Gasteiger partial charge in [-0.1, -0.05) is 23.2 Å². The van der Waals surface area contributed by atoms with Crippen LogP contribution in [0.4, 0.5) is 5.69 Å². The second kappa shape index (κ2) is 4.08. The molecule has 88 valence electrons. The van der Waals surface area contributed by atoms with E-state index in [2.05, 4.69) is 0 Å². The number of nitrogens with zero attached hydrogens (tertiary/aromatic N) is 1. The van der Waals surface area contributed by atoms with Crippen molar-refractivity contribution < 1.29 is 5.11 Å². The van der Waals surface area contributed by atoms with E-state index in [4.69, 9.17) is 28.9 Å². The van der Waals surface area contributed by atoms with E-state index in [9.17, 15) is 5.11 Å². The van der Waals surface area contributed by atoms with Crippen LogP contribution in [0.1, 0.15) is 5.56 Å². The fourth-order valence-corrected chi connectivity index (χ4v) is 2.70. The van der Waals surface area contributed by atoms with Crippen LogP contribution in [0, 0.1) is 0 Å². The lowest BCUT2D eigenvalue weighted by atomic mass is 9.89. The van der Waals surface area contributed by atoms with E-state index in [0.29, 0.717) is 23.0 Å². The molecule has 2 rings (SSSR count). The minimum atomic E-state index is -0.904. The van der Waals surface area contributed by atoms with Gasteiger partial charge in [-0.25, -0.2) is 0 Å². The first-order valence-corrected chi connectivity index (χ1v) is 5.82. The molecule has 5 heteroatoms. The summed E-state index contributed by atoms with van der Waals surface area (Å²) in [6, 6.07) is 3.55. The SMILES string of the molecule is CN1CC(O)(CN)Cc2c(Cl)cc(Cl)cc21. The number of β-amino-alcohol motifs (C(OH)–C–C–N with tert-alkyl or cyclic N) is 1. The maximum atomic E-state index is 10.2. The van der Waals surface area contributed by atoms with E-state index in [1.165, 1.54) is 0 Å². The van der Waals surface area contributed by atoms with Gasteiger partial charge in [-0.3, -0.25) is 0 Å². The lowest BCUT2D eigenvalue weighted by Crippen LogP contribution is -2.52. The van der Waals surface area contributed by atoms with Crippen LogP contribution in [0.3, 0.4) is 0 Å². The van der Waals surface area contributed by atoms with Crippen LogP contribution in [0.5, 0.6) is 0 Å². The van der Waals surface area contributed by atoms with Crippen LogP contribution in [0.2, 0.25) is 10.0 Å². The molecule has 1 aromatic carbocycles. The standard InChI is InChI=1S/C11H14Cl2N2O/c1-15-6-11(16,5-14)4-8-9(13)2-7(12)3-10(8)15/h2-3,16H,4-6,14H2,1H3. The van der Waals surface area contributed by atoms with E-state index in [1.807, 2.05) is 18.0 Å². The zero-order valence-electron chi connectivity index (χ0n) is 9.00. The van der Waals surface area contributed by atoms with Crippen LogP contribution in [-0.2, 0) is 6.42 Å². The predicted molar refractivity (Wildman–Crippen MR) is 67.4 cm³/mol. The minimum absolute atomic E-state index is 0.218. The topological polar surface area (TPSA) is 49.5 Å². The van der Waals surface area contributed by atoms with Gasteiger partial charge in [0.1, 0.15) is 0 Å². The van der Waals surface area contributed by atoms with Gasteiger partial charge in [0.25, 0.3) is 0 Å². The van der Waals surface area contributed by atoms with E-state index in [0.717, 1.165) is 11.3 Å². The molecule has 16 heavy (non-hydrogen) atoms. The summed E-state index contributed by atoms with van der Waals surface area (Å²) in [5.41, 5.74) is 6.57. The number of hydrogen-bond donors (Lipinski definition) is 2. The number of nitrogens with two attached hydrogens (primary N) is 1. The molecule has 1 aliphatic heterocycles. The molecule has 0 saturated carbocycles. The summed E-state index contributed by atoms with van der Waals surface area (Å²) >= 11 is 12.1. The summed E-state index contributed by atoms with van der Waals surface area (Å²) in [6.45, 7) is 0.711. The third-order valence-electron chi connectivity index (χ3n) is 2.97. The van der Waals surface area contributed by atoms with E-state index >= 15 is 0 Å². The third-order valence-corrected chi connectivity index (χ3v) is 3.52. The molecular weight excluding hydrogens is 247 g/mol. The summed E-state index contributed by atoms with van der Waals surface area (Å²) < 4.78 is 0. The number of hydrogen-bond acceptors (Lipinski definition) is 3. The molecule has 0 amide bonds. The van der Waals surface area contributed by atoms with Gasteiger partial charge in [0.2, 0.25) is 0 Å². The molecule has 0 spiro atoms. The summed E-state index contributed by atoms with van der Waals surface area (Å²) in [6.07, 6.45) is 0.471. The fourth-order valence-electron chi connectivity index (χ4n) is 2.15. The number of benzene rings is 1. The zero-order chi connectivity index (χ0) is 11.9. The Balaban J connectivity index is 2.50. The Morgan fingerprint density at radius 3 is 2.81 bits per heavy atom. The lowest BCUT2D eigenvalue weighted by molar-refractivity contribution is 0.0535. The highest BCUT2D eigenvalue weighted by Gasteiger charge is 2.34. The first-order chi connectivity index (χ1) is 7.45. The second-order valence-electron chi connectivity index (χ2n) is 4.35. The average Bonchev–Trinajstić information content (AvgIpc) is 2.20. The Bertz CT molecular complexity index is 425. The van der Waals surface area contributed by atoms with Gasteiger partial charge >= 0.3 is 0 Å². The van der Waals surface area contributed by atoms with Crippen molar-refractivity contribution in [2.75, 3.05) is 25.0 Å². The fraction of sp³-hybridized carbons (Fsp3) is 0.455. The predicted octanol–water partition coefficient (Wildman–Crippen LogP) is 1.68. The van der Waals surface area contributed by atoms with Gasteiger partial charge in [0.15, 0.2) is 0 Å². The van der Waals surface area contributed by atoms with Crippen molar-refractivity contribution in [3.8, 4) is 0 Å². The maximum absolute atomic E-state index is 10.2. The molecule has 0 aromatic heterocycles. The molecular formula is C11H14Cl2N2O. The van der Waals surface area contributed by atoms with E-state index in [-0.39, 0.29) is 6.54 Å². The van der Waals surface area contributed by atoms with Crippen molar-refractivity contribution in [2.24, 2.45) is 5.73 Å². The third kappa shape index (κ3) is 2.00. The molecule has 1 aliphatic rings. The number of rotatable bonds is 1. The Hall–Kier alpha value is -0.480. The van der Waals surface area contributed by atoms with Crippen molar-refractivity contribution in [1.82, 2.24) is 0 Å². The van der Waals surface area contributed by atoms with Gasteiger partial charge in [0, 0.05) is 42.3 Å². The van der Waals surface area contributed by atoms with Crippen molar-refractivity contribution in [2.45, 2.75) is 12.0 Å². The molecule has 0 saturated heterocycles. The van der Waals surface area contributed by atoms with Crippen molar-refractivity contribution >= 4 is 28.9 Å². The summed E-state index contributed by atoms with van der Waals surface area (Å²) in [5, 5.41) is 11.4. The molecule has 0 radical (unpaired) electrons. The molecule has 1 atom stereocenters. The summed E-state index contributed by atoms with van der Waals surface area (Å²) in [7, 11) is 1.89. The number of halogens is 2. The Kier molecular flexibility index (Phi) is 3.05. The quantitative estimate of drug-likeness (QED) is 0.808. The summed E-state index contributed by atoms with van der Waals surface area (Å²) in [4.78, 5) is 1.93. The van der Waals surface area contributed by atoms with E-state index in [1.54, 1.807) is 6.07 Å². The van der Waals surface area contributed by atoms with Crippen LogP contribution in [-0.4, -0.2) is 30.8 Å². The molecule has 3 nitrogen and oxygen atoms in total. The molecule has 1 unspecified atom stereocenters. The normalized spacial score (nSPS) is 24.4. The number of aliphatic hydroxyl groups is 1. The Labute approximate surface area is 105 Å². The molecule has 0 bridgehead atoms. The summed E-state index contributed by atoms with van der Waals surface area (Å²) in [5.74, 6) is 0. The largest absolute Gasteiger partial charge is 0.386 e. The van der Waals surface area contributed by atoms with E-state index < -0.39 is 5.60 Å². The van der Waals surface area contributed by atoms with Gasteiger partial charge < -0.3 is 15.7 Å². The molecule has 1 heterocycles. The van der Waals surface area contributed by atoms with Crippen LogP contribution in [0.15, 0.2) is 12.1 Å². The molecule has 0 aliphatic carbocycles. The van der Waals surface area contributed by atoms with Crippen LogP contribution >= 0.6 is 23.2 Å². The Morgan fingerprint density at radius 2 is 2.19 bits per heavy atom. The van der Waals surface area contributed by atoms with Gasteiger partial charge in [-0.15, -0.1) is 0 Å². The second-order valence-corrected chi connectivity index (χ2v) is 5.19. The highest BCUT2D eigenvalue weighted by atomic mass is 35.5.